The first-order valence-electron chi connectivity index (χ1n) is 17.3. The fourth-order valence-corrected chi connectivity index (χ4v) is 10.1. The first kappa shape index (κ1) is 29.9. The van der Waals surface area contributed by atoms with Crippen molar-refractivity contribution in [3.05, 3.63) is 30.5 Å². The molecule has 4 bridgehead atoms. The van der Waals surface area contributed by atoms with Crippen LogP contribution in [0.15, 0.2) is 30.5 Å². The summed E-state index contributed by atoms with van der Waals surface area (Å²) in [7, 11) is 0. The third-order valence-electron chi connectivity index (χ3n) is 11.9. The maximum Gasteiger partial charge on any atom is 0.320 e. The Morgan fingerprint density at radius 3 is 2.18 bits per heavy atom. The van der Waals surface area contributed by atoms with Gasteiger partial charge in [0.15, 0.2) is 0 Å². The van der Waals surface area contributed by atoms with Crippen molar-refractivity contribution in [2.45, 2.75) is 70.3 Å². The molecule has 2 aliphatic heterocycles. The fourth-order valence-electron chi connectivity index (χ4n) is 10.1. The van der Waals surface area contributed by atoms with Crippen LogP contribution >= 0.6 is 0 Å². The number of fused-ring (bicyclic) bond motifs is 1. The minimum atomic E-state index is -0.816. The highest BCUT2D eigenvalue weighted by atomic mass is 16.5. The van der Waals surface area contributed by atoms with Crippen molar-refractivity contribution in [3.8, 4) is 5.75 Å². The number of carbonyl (C=O) groups is 2. The first-order valence-corrected chi connectivity index (χ1v) is 17.3. The SMILES string of the molecule is NCCN(CC(O)COc1cccc2[nH]ccc12)C(=O)N1CCC(C2CCN(C(=O)C34CC5CC(CC(C5)C3)C4)CC2)CC1. The van der Waals surface area contributed by atoms with Crippen LogP contribution in [-0.4, -0.2) is 95.3 Å². The van der Waals surface area contributed by atoms with Gasteiger partial charge in [0, 0.05) is 56.4 Å². The number of carbonyl (C=O) groups excluding carboxylic acids is 2. The van der Waals surface area contributed by atoms with Crippen LogP contribution in [-0.2, 0) is 4.79 Å². The molecule has 1 aromatic heterocycles. The monoisotopic (exact) mass is 605 g/mol. The second-order valence-electron chi connectivity index (χ2n) is 14.8. The zero-order chi connectivity index (χ0) is 30.3. The van der Waals surface area contributed by atoms with Gasteiger partial charge in [-0.3, -0.25) is 4.79 Å². The number of rotatable bonds is 9. The number of hydrogen-bond acceptors (Lipinski definition) is 5. The maximum atomic E-state index is 13.8. The van der Waals surface area contributed by atoms with E-state index in [1.54, 1.807) is 4.90 Å². The van der Waals surface area contributed by atoms with Gasteiger partial charge in [-0.2, -0.15) is 0 Å². The molecule has 8 rings (SSSR count). The van der Waals surface area contributed by atoms with E-state index in [-0.39, 0.29) is 24.6 Å². The van der Waals surface area contributed by atoms with Gasteiger partial charge in [0.2, 0.25) is 5.91 Å². The van der Waals surface area contributed by atoms with Crippen LogP contribution in [0.4, 0.5) is 4.79 Å². The van der Waals surface area contributed by atoms with E-state index in [2.05, 4.69) is 9.88 Å². The molecule has 240 valence electrons. The van der Waals surface area contributed by atoms with Crippen molar-refractivity contribution in [2.75, 3.05) is 52.4 Å². The van der Waals surface area contributed by atoms with Crippen LogP contribution in [0.2, 0.25) is 0 Å². The molecule has 0 radical (unpaired) electrons. The summed E-state index contributed by atoms with van der Waals surface area (Å²) < 4.78 is 5.93. The molecule has 6 aliphatic rings. The minimum absolute atomic E-state index is 0.0290. The van der Waals surface area contributed by atoms with Crippen LogP contribution < -0.4 is 10.5 Å². The number of aromatic amines is 1. The lowest BCUT2D eigenvalue weighted by atomic mass is 9.49. The number of ether oxygens (including phenoxy) is 1. The van der Waals surface area contributed by atoms with Gasteiger partial charge in [0.05, 0.1) is 12.0 Å². The predicted octanol–water partition coefficient (Wildman–Crippen LogP) is 4.46. The number of likely N-dealkylation sites (tertiary alicyclic amines) is 2. The number of urea groups is 1. The summed E-state index contributed by atoms with van der Waals surface area (Å²) in [5.74, 6) is 4.86. The lowest BCUT2D eigenvalue weighted by Gasteiger charge is -2.57. The first-order chi connectivity index (χ1) is 21.4. The summed E-state index contributed by atoms with van der Waals surface area (Å²) in [4.78, 5) is 36.4. The van der Waals surface area contributed by atoms with E-state index in [1.807, 2.05) is 35.4 Å². The highest BCUT2D eigenvalue weighted by Crippen LogP contribution is 2.60. The molecule has 4 saturated carbocycles. The van der Waals surface area contributed by atoms with Crippen LogP contribution in [0.1, 0.15) is 64.2 Å². The number of aliphatic hydroxyl groups is 1. The summed E-state index contributed by atoms with van der Waals surface area (Å²) in [5, 5.41) is 11.8. The number of nitrogens with one attached hydrogen (secondary N) is 1. The highest BCUT2D eigenvalue weighted by Gasteiger charge is 2.55. The molecule has 44 heavy (non-hydrogen) atoms. The molecule has 1 aromatic carbocycles. The number of piperidine rings is 2. The summed E-state index contributed by atoms with van der Waals surface area (Å²) in [6.07, 6.45) is 12.8. The number of nitrogens with two attached hydrogens (primary N) is 1. The highest BCUT2D eigenvalue weighted by molar-refractivity contribution is 5.85. The second kappa shape index (κ2) is 12.5. The number of hydrogen-bond donors (Lipinski definition) is 3. The van der Waals surface area contributed by atoms with Crippen molar-refractivity contribution in [2.24, 2.45) is 40.7 Å². The third-order valence-corrected chi connectivity index (χ3v) is 11.9. The van der Waals surface area contributed by atoms with Crippen LogP contribution in [0.3, 0.4) is 0 Å². The smallest absolute Gasteiger partial charge is 0.320 e. The normalized spacial score (nSPS) is 29.7. The van der Waals surface area contributed by atoms with Gasteiger partial charge in [0.1, 0.15) is 18.5 Å². The van der Waals surface area contributed by atoms with Gasteiger partial charge in [-0.05, 0) is 112 Å². The van der Waals surface area contributed by atoms with Crippen molar-refractivity contribution in [3.63, 3.8) is 0 Å². The van der Waals surface area contributed by atoms with Gasteiger partial charge < -0.3 is 35.3 Å². The third kappa shape index (κ3) is 5.94. The molecule has 4 aliphatic carbocycles. The van der Waals surface area contributed by atoms with E-state index in [4.69, 9.17) is 10.5 Å². The van der Waals surface area contributed by atoms with Gasteiger partial charge in [0.25, 0.3) is 0 Å². The van der Waals surface area contributed by atoms with Crippen LogP contribution in [0.5, 0.6) is 5.75 Å². The Morgan fingerprint density at radius 2 is 1.57 bits per heavy atom. The van der Waals surface area contributed by atoms with E-state index in [0.29, 0.717) is 36.6 Å². The number of aromatic nitrogens is 1. The average molecular weight is 606 g/mol. The molecule has 0 spiro atoms. The average Bonchev–Trinajstić information content (AvgIpc) is 3.52. The van der Waals surface area contributed by atoms with E-state index >= 15 is 0 Å². The predicted molar refractivity (Wildman–Crippen MR) is 170 cm³/mol. The van der Waals surface area contributed by atoms with Crippen molar-refractivity contribution in [1.29, 1.82) is 0 Å². The molecular weight excluding hydrogens is 554 g/mol. The topological polar surface area (TPSA) is 115 Å². The number of aliphatic hydroxyl groups excluding tert-OH is 1. The number of nitrogens with zero attached hydrogens (tertiary/aromatic N) is 3. The van der Waals surface area contributed by atoms with Gasteiger partial charge in [-0.15, -0.1) is 0 Å². The molecule has 2 saturated heterocycles. The Morgan fingerprint density at radius 1 is 0.955 bits per heavy atom. The maximum absolute atomic E-state index is 13.8. The number of amides is 3. The Balaban J connectivity index is 0.868. The summed E-state index contributed by atoms with van der Waals surface area (Å²) in [6, 6.07) is 7.70. The van der Waals surface area contributed by atoms with Gasteiger partial charge >= 0.3 is 6.03 Å². The molecular formula is C35H51N5O4. The Labute approximate surface area is 261 Å². The number of benzene rings is 1. The quantitative estimate of drug-likeness (QED) is 0.391. The van der Waals surface area contributed by atoms with Crippen molar-refractivity contribution >= 4 is 22.8 Å². The Hall–Kier alpha value is -2.78. The molecule has 3 amide bonds. The second-order valence-corrected chi connectivity index (χ2v) is 14.8. The minimum Gasteiger partial charge on any atom is -0.490 e. The van der Waals surface area contributed by atoms with Crippen molar-refractivity contribution in [1.82, 2.24) is 19.7 Å². The van der Waals surface area contributed by atoms with Crippen molar-refractivity contribution < 1.29 is 19.4 Å². The summed E-state index contributed by atoms with van der Waals surface area (Å²) >= 11 is 0. The Bertz CT molecular complexity index is 1280. The zero-order valence-corrected chi connectivity index (χ0v) is 26.2. The largest absolute Gasteiger partial charge is 0.490 e. The van der Waals surface area contributed by atoms with Crippen LogP contribution in [0.25, 0.3) is 10.9 Å². The van der Waals surface area contributed by atoms with Gasteiger partial charge in [-0.25, -0.2) is 4.79 Å². The van der Waals surface area contributed by atoms with E-state index in [1.165, 1.54) is 19.3 Å². The fraction of sp³-hybridized carbons (Fsp3) is 0.714. The van der Waals surface area contributed by atoms with E-state index < -0.39 is 6.10 Å². The molecule has 9 heteroatoms. The molecule has 4 N–H and O–H groups in total. The zero-order valence-electron chi connectivity index (χ0n) is 26.2. The molecule has 3 heterocycles. The Kier molecular flexibility index (Phi) is 8.53. The summed E-state index contributed by atoms with van der Waals surface area (Å²) in [6.45, 7) is 4.33. The molecule has 1 atom stereocenters. The van der Waals surface area contributed by atoms with E-state index in [9.17, 15) is 14.7 Å². The molecule has 6 fully saturated rings. The van der Waals surface area contributed by atoms with Gasteiger partial charge in [-0.1, -0.05) is 6.07 Å². The molecule has 2 aromatic rings. The van der Waals surface area contributed by atoms with E-state index in [0.717, 1.165) is 99.8 Å². The number of H-pyrrole nitrogens is 1. The molecule has 1 unspecified atom stereocenters. The lowest BCUT2D eigenvalue weighted by molar-refractivity contribution is -0.159. The molecule has 9 nitrogen and oxygen atoms in total. The summed E-state index contributed by atoms with van der Waals surface area (Å²) in [5.41, 5.74) is 6.82. The van der Waals surface area contributed by atoms with Crippen LogP contribution in [0, 0.1) is 35.0 Å². The standard InChI is InChI=1S/C35H51N5O4/c36-9-15-40(22-29(41)23-44-32-3-1-2-31-30(32)4-10-37-31)34(43)39-13-7-28(8-14-39)27-5-11-38(12-6-27)33(42)35-19-24-16-25(20-35)18-26(17-24)21-35/h1-4,10,24-29,37,41H,5-9,11-23,36H2. The lowest BCUT2D eigenvalue weighted by Crippen LogP contribution is -2.56.